The summed E-state index contributed by atoms with van der Waals surface area (Å²) in [6.07, 6.45) is -1.88. The van der Waals surface area contributed by atoms with Crippen LogP contribution in [-0.4, -0.2) is 18.1 Å². The van der Waals surface area contributed by atoms with E-state index in [9.17, 15) is 13.6 Å². The zero-order valence-corrected chi connectivity index (χ0v) is 8.59. The molecule has 0 aliphatic carbocycles. The number of pyridine rings is 1. The zero-order valence-electron chi connectivity index (χ0n) is 7.84. The molecule has 0 spiro atoms. The molecule has 0 N–H and O–H groups in total. The second-order valence-corrected chi connectivity index (χ2v) is 3.19. The molecule has 1 aromatic rings. The number of hydrogen-bond acceptors (Lipinski definition) is 3. The number of nitrogens with zero attached hydrogens (tertiary/aromatic N) is 1. The smallest absolute Gasteiger partial charge is 0.310 e. The minimum Gasteiger partial charge on any atom is -0.469 e. The monoisotopic (exact) mass is 235 g/mol. The number of esters is 1. The van der Waals surface area contributed by atoms with Crippen molar-refractivity contribution in [3.63, 3.8) is 0 Å². The molecule has 0 amide bonds. The van der Waals surface area contributed by atoms with E-state index in [1.807, 2.05) is 0 Å². The number of carbonyl (C=O) groups excluding carboxylic acids is 1. The van der Waals surface area contributed by atoms with Crippen LogP contribution >= 0.6 is 11.6 Å². The molecule has 82 valence electrons. The number of methoxy groups -OCH3 is 1. The van der Waals surface area contributed by atoms with Crippen molar-refractivity contribution < 1.29 is 18.3 Å². The Kier molecular flexibility index (Phi) is 3.96. The average molecular weight is 236 g/mol. The van der Waals surface area contributed by atoms with Gasteiger partial charge in [0, 0.05) is 6.20 Å². The summed E-state index contributed by atoms with van der Waals surface area (Å²) in [5.41, 5.74) is -0.353. The molecule has 0 atom stereocenters. The Balaban J connectivity index is 3.02. The fourth-order valence-corrected chi connectivity index (χ4v) is 1.24. The Bertz CT molecular complexity index is 371. The van der Waals surface area contributed by atoms with E-state index in [2.05, 4.69) is 9.72 Å². The maximum absolute atomic E-state index is 12.5. The fraction of sp³-hybridized carbons (Fsp3) is 0.333. The summed E-state index contributed by atoms with van der Waals surface area (Å²) >= 11 is 5.59. The first-order valence-electron chi connectivity index (χ1n) is 4.04. The standard InChI is InChI=1S/C9H8ClF2NO2/c1-15-7(14)3-5-2-6(10)4-13-8(5)9(11)12/h2,4,9H,3H2,1H3. The molecule has 3 nitrogen and oxygen atoms in total. The Labute approximate surface area is 90.0 Å². The van der Waals surface area contributed by atoms with Crippen molar-refractivity contribution in [2.45, 2.75) is 12.8 Å². The van der Waals surface area contributed by atoms with E-state index in [-0.39, 0.29) is 17.0 Å². The molecular weight excluding hydrogens is 228 g/mol. The second-order valence-electron chi connectivity index (χ2n) is 2.75. The summed E-state index contributed by atoms with van der Waals surface area (Å²) < 4.78 is 29.3. The van der Waals surface area contributed by atoms with Crippen molar-refractivity contribution in [1.82, 2.24) is 4.98 Å². The average Bonchev–Trinajstić information content (AvgIpc) is 2.17. The lowest BCUT2D eigenvalue weighted by molar-refractivity contribution is -0.139. The first-order chi connectivity index (χ1) is 7.04. The van der Waals surface area contributed by atoms with Crippen molar-refractivity contribution in [3.05, 3.63) is 28.5 Å². The van der Waals surface area contributed by atoms with Gasteiger partial charge < -0.3 is 4.74 Å². The molecule has 6 heteroatoms. The van der Waals surface area contributed by atoms with Crippen molar-refractivity contribution in [2.75, 3.05) is 7.11 Å². The summed E-state index contributed by atoms with van der Waals surface area (Å²) in [7, 11) is 1.18. The van der Waals surface area contributed by atoms with Gasteiger partial charge in [-0.05, 0) is 11.6 Å². The van der Waals surface area contributed by atoms with Gasteiger partial charge in [-0.1, -0.05) is 11.6 Å². The predicted octanol–water partition coefficient (Wildman–Crippen LogP) is 2.39. The Morgan fingerprint density at radius 1 is 1.67 bits per heavy atom. The lowest BCUT2D eigenvalue weighted by atomic mass is 10.1. The van der Waals surface area contributed by atoms with E-state index in [0.29, 0.717) is 0 Å². The van der Waals surface area contributed by atoms with Gasteiger partial charge in [0.05, 0.1) is 18.6 Å². The van der Waals surface area contributed by atoms with Crippen molar-refractivity contribution in [1.29, 1.82) is 0 Å². The van der Waals surface area contributed by atoms with E-state index in [1.54, 1.807) is 0 Å². The van der Waals surface area contributed by atoms with E-state index in [1.165, 1.54) is 13.2 Å². The topological polar surface area (TPSA) is 39.2 Å². The maximum Gasteiger partial charge on any atom is 0.310 e. The third kappa shape index (κ3) is 3.13. The molecule has 0 aromatic carbocycles. The number of halogens is 3. The second kappa shape index (κ2) is 5.02. The minimum atomic E-state index is -2.73. The first kappa shape index (κ1) is 11.8. The predicted molar refractivity (Wildman–Crippen MR) is 49.9 cm³/mol. The number of alkyl halides is 2. The van der Waals surface area contributed by atoms with Gasteiger partial charge in [-0.15, -0.1) is 0 Å². The summed E-state index contributed by atoms with van der Waals surface area (Å²) in [6.45, 7) is 0. The first-order valence-corrected chi connectivity index (χ1v) is 4.41. The van der Waals surface area contributed by atoms with Crippen molar-refractivity contribution in [3.8, 4) is 0 Å². The molecule has 1 rings (SSSR count). The molecule has 0 saturated carbocycles. The Morgan fingerprint density at radius 2 is 2.33 bits per heavy atom. The zero-order chi connectivity index (χ0) is 11.4. The molecular formula is C9H8ClF2NO2. The summed E-state index contributed by atoms with van der Waals surface area (Å²) in [5, 5.41) is 0.207. The van der Waals surface area contributed by atoms with Gasteiger partial charge in [0.25, 0.3) is 6.43 Å². The quantitative estimate of drug-likeness (QED) is 0.755. The largest absolute Gasteiger partial charge is 0.469 e. The van der Waals surface area contributed by atoms with Crippen LogP contribution in [0.4, 0.5) is 8.78 Å². The molecule has 0 fully saturated rings. The highest BCUT2D eigenvalue weighted by atomic mass is 35.5. The van der Waals surface area contributed by atoms with Gasteiger partial charge >= 0.3 is 5.97 Å². The number of hydrogen-bond donors (Lipinski definition) is 0. The third-order valence-electron chi connectivity index (χ3n) is 1.74. The Hall–Kier alpha value is -1.23. The van der Waals surface area contributed by atoms with Crippen LogP contribution in [0.5, 0.6) is 0 Å². The Morgan fingerprint density at radius 3 is 2.87 bits per heavy atom. The van der Waals surface area contributed by atoms with Gasteiger partial charge in [0.15, 0.2) is 0 Å². The molecule has 0 unspecified atom stereocenters. The molecule has 0 radical (unpaired) electrons. The highest BCUT2D eigenvalue weighted by Gasteiger charge is 2.17. The van der Waals surface area contributed by atoms with E-state index < -0.39 is 18.1 Å². The van der Waals surface area contributed by atoms with Gasteiger partial charge in [-0.3, -0.25) is 9.78 Å². The maximum atomic E-state index is 12.5. The number of aromatic nitrogens is 1. The molecule has 0 aliphatic heterocycles. The van der Waals surface area contributed by atoms with Gasteiger partial charge in [-0.25, -0.2) is 8.78 Å². The highest BCUT2D eigenvalue weighted by molar-refractivity contribution is 6.30. The van der Waals surface area contributed by atoms with E-state index in [4.69, 9.17) is 11.6 Å². The molecule has 15 heavy (non-hydrogen) atoms. The number of carbonyl (C=O) groups is 1. The van der Waals surface area contributed by atoms with Crippen LogP contribution in [0.1, 0.15) is 17.7 Å². The van der Waals surface area contributed by atoms with E-state index in [0.717, 1.165) is 6.20 Å². The molecule has 0 saturated heterocycles. The summed E-state index contributed by atoms with van der Waals surface area (Å²) in [4.78, 5) is 14.4. The number of ether oxygens (including phenoxy) is 1. The van der Waals surface area contributed by atoms with Crippen LogP contribution in [0.3, 0.4) is 0 Å². The van der Waals surface area contributed by atoms with Crippen LogP contribution in [0, 0.1) is 0 Å². The van der Waals surface area contributed by atoms with E-state index >= 15 is 0 Å². The lowest BCUT2D eigenvalue weighted by Gasteiger charge is -2.06. The van der Waals surface area contributed by atoms with Crippen LogP contribution in [0.2, 0.25) is 5.02 Å². The number of rotatable bonds is 3. The molecule has 0 aliphatic rings. The van der Waals surface area contributed by atoms with Crippen LogP contribution in [0.15, 0.2) is 12.3 Å². The summed E-state index contributed by atoms with van der Waals surface area (Å²) in [6, 6.07) is 1.28. The molecule has 0 bridgehead atoms. The fourth-order valence-electron chi connectivity index (χ4n) is 1.06. The van der Waals surface area contributed by atoms with Gasteiger partial charge in [0.2, 0.25) is 0 Å². The van der Waals surface area contributed by atoms with Gasteiger partial charge in [0.1, 0.15) is 5.69 Å². The van der Waals surface area contributed by atoms with Gasteiger partial charge in [-0.2, -0.15) is 0 Å². The SMILES string of the molecule is COC(=O)Cc1cc(Cl)cnc1C(F)F. The van der Waals surface area contributed by atoms with Crippen LogP contribution in [0.25, 0.3) is 0 Å². The molecule has 1 heterocycles. The van der Waals surface area contributed by atoms with Crippen molar-refractivity contribution in [2.24, 2.45) is 0 Å². The van der Waals surface area contributed by atoms with Crippen molar-refractivity contribution >= 4 is 17.6 Å². The summed E-state index contributed by atoms with van der Waals surface area (Å²) in [5.74, 6) is -0.610. The highest BCUT2D eigenvalue weighted by Crippen LogP contribution is 2.23. The lowest BCUT2D eigenvalue weighted by Crippen LogP contribution is -2.08. The molecule has 1 aromatic heterocycles. The van der Waals surface area contributed by atoms with Crippen LogP contribution < -0.4 is 0 Å². The third-order valence-corrected chi connectivity index (χ3v) is 1.94. The van der Waals surface area contributed by atoms with Crippen LogP contribution in [-0.2, 0) is 16.0 Å². The minimum absolute atomic E-state index is 0.0874. The normalized spacial score (nSPS) is 10.5.